The molecule has 0 spiro atoms. The van der Waals surface area contributed by atoms with Gasteiger partial charge in [-0.1, -0.05) is 30.3 Å². The fraction of sp³-hybridized carbons (Fsp3) is 0.278. The summed E-state index contributed by atoms with van der Waals surface area (Å²) in [5.74, 6) is 1.49. The van der Waals surface area contributed by atoms with E-state index < -0.39 is 0 Å². The lowest BCUT2D eigenvalue weighted by Gasteiger charge is -2.20. The van der Waals surface area contributed by atoms with Gasteiger partial charge in [0.15, 0.2) is 11.5 Å². The van der Waals surface area contributed by atoms with Crippen LogP contribution in [0.1, 0.15) is 22.6 Å². The molecular weight excluding hydrogens is 278 g/mol. The third kappa shape index (κ3) is 2.64. The van der Waals surface area contributed by atoms with Crippen molar-refractivity contribution in [2.45, 2.75) is 12.3 Å². The maximum atomic E-state index is 12.0. The molecule has 3 rings (SSSR count). The molecule has 1 aliphatic rings. The fourth-order valence-electron chi connectivity index (χ4n) is 2.96. The Morgan fingerprint density at radius 2 is 1.73 bits per heavy atom. The van der Waals surface area contributed by atoms with Crippen molar-refractivity contribution in [3.8, 4) is 11.5 Å². The number of hydrogen-bond acceptors (Lipinski definition) is 3. The summed E-state index contributed by atoms with van der Waals surface area (Å²) in [4.78, 5) is 12.0. The Morgan fingerprint density at radius 1 is 1.05 bits per heavy atom. The molecule has 22 heavy (non-hydrogen) atoms. The van der Waals surface area contributed by atoms with Gasteiger partial charge in [0.25, 0.3) is 0 Å². The number of carbonyl (C=O) groups is 1. The molecule has 0 aromatic heterocycles. The number of hydrogen-bond donors (Lipinski definition) is 1. The Balaban J connectivity index is 2.14. The Kier molecular flexibility index (Phi) is 4.00. The molecule has 0 saturated carbocycles. The minimum atomic E-state index is 0.0342. The van der Waals surface area contributed by atoms with Crippen molar-refractivity contribution in [2.24, 2.45) is 0 Å². The smallest absolute Gasteiger partial charge is 0.224 e. The van der Waals surface area contributed by atoms with Crippen molar-refractivity contribution in [3.63, 3.8) is 0 Å². The number of carbonyl (C=O) groups excluding carboxylic acids is 1. The number of nitrogens with one attached hydrogen (secondary N) is 1. The average molecular weight is 297 g/mol. The highest BCUT2D eigenvalue weighted by Gasteiger charge is 2.25. The predicted octanol–water partition coefficient (Wildman–Crippen LogP) is 2.51. The summed E-state index contributed by atoms with van der Waals surface area (Å²) < 4.78 is 10.8. The van der Waals surface area contributed by atoms with E-state index in [1.165, 1.54) is 5.56 Å². The van der Waals surface area contributed by atoms with Crippen LogP contribution in [0.3, 0.4) is 0 Å². The summed E-state index contributed by atoms with van der Waals surface area (Å²) in [5.41, 5.74) is 3.28. The van der Waals surface area contributed by atoms with Gasteiger partial charge in [-0.2, -0.15) is 0 Å². The fourth-order valence-corrected chi connectivity index (χ4v) is 2.96. The zero-order valence-corrected chi connectivity index (χ0v) is 12.8. The second kappa shape index (κ2) is 6.10. The average Bonchev–Trinajstić information content (AvgIpc) is 2.72. The van der Waals surface area contributed by atoms with Gasteiger partial charge in [-0.15, -0.1) is 0 Å². The molecule has 1 atom stereocenters. The summed E-state index contributed by atoms with van der Waals surface area (Å²) in [7, 11) is 3.23. The van der Waals surface area contributed by atoms with Crippen molar-refractivity contribution in [2.75, 3.05) is 20.8 Å². The van der Waals surface area contributed by atoms with Gasteiger partial charge in [-0.3, -0.25) is 4.79 Å². The molecule has 1 amide bonds. The topological polar surface area (TPSA) is 47.6 Å². The monoisotopic (exact) mass is 297 g/mol. The van der Waals surface area contributed by atoms with Gasteiger partial charge in [0.1, 0.15) is 0 Å². The highest BCUT2D eigenvalue weighted by Crippen LogP contribution is 2.37. The Morgan fingerprint density at radius 3 is 2.41 bits per heavy atom. The lowest BCUT2D eigenvalue weighted by atomic mass is 9.88. The molecule has 114 valence electrons. The van der Waals surface area contributed by atoms with E-state index in [0.717, 1.165) is 11.1 Å². The first-order valence-corrected chi connectivity index (χ1v) is 7.29. The second-order valence-corrected chi connectivity index (χ2v) is 5.35. The maximum Gasteiger partial charge on any atom is 0.224 e. The van der Waals surface area contributed by atoms with Gasteiger partial charge in [0.05, 0.1) is 20.6 Å². The SMILES string of the molecule is COc1cc2c(cc1OC)C(c1ccccc1)CNC(=O)C2. The van der Waals surface area contributed by atoms with Crippen molar-refractivity contribution in [3.05, 3.63) is 59.2 Å². The zero-order chi connectivity index (χ0) is 15.5. The molecule has 4 heteroatoms. The summed E-state index contributed by atoms with van der Waals surface area (Å²) in [6.45, 7) is 0.589. The van der Waals surface area contributed by atoms with E-state index in [1.54, 1.807) is 14.2 Å². The van der Waals surface area contributed by atoms with Crippen molar-refractivity contribution >= 4 is 5.91 Å². The maximum absolute atomic E-state index is 12.0. The Bertz CT molecular complexity index is 682. The number of rotatable bonds is 3. The van der Waals surface area contributed by atoms with E-state index in [1.807, 2.05) is 30.3 Å². The van der Waals surface area contributed by atoms with E-state index in [0.29, 0.717) is 24.5 Å². The third-order valence-electron chi connectivity index (χ3n) is 4.08. The van der Waals surface area contributed by atoms with Crippen LogP contribution in [-0.4, -0.2) is 26.7 Å². The van der Waals surface area contributed by atoms with Crippen LogP contribution in [0, 0.1) is 0 Å². The molecule has 1 aliphatic heterocycles. The van der Waals surface area contributed by atoms with Crippen LogP contribution in [0.5, 0.6) is 11.5 Å². The molecule has 2 aromatic rings. The van der Waals surface area contributed by atoms with Gasteiger partial charge in [0.2, 0.25) is 5.91 Å². The highest BCUT2D eigenvalue weighted by atomic mass is 16.5. The molecule has 1 unspecified atom stereocenters. The Hall–Kier alpha value is -2.49. The van der Waals surface area contributed by atoms with Crippen LogP contribution < -0.4 is 14.8 Å². The van der Waals surface area contributed by atoms with E-state index in [2.05, 4.69) is 17.4 Å². The molecule has 1 heterocycles. The van der Waals surface area contributed by atoms with Gasteiger partial charge in [-0.25, -0.2) is 0 Å². The largest absolute Gasteiger partial charge is 0.493 e. The first-order chi connectivity index (χ1) is 10.7. The zero-order valence-electron chi connectivity index (χ0n) is 12.8. The van der Waals surface area contributed by atoms with Gasteiger partial charge in [0, 0.05) is 12.5 Å². The van der Waals surface area contributed by atoms with Crippen molar-refractivity contribution in [1.82, 2.24) is 5.32 Å². The summed E-state index contributed by atoms with van der Waals surface area (Å²) >= 11 is 0. The van der Waals surface area contributed by atoms with Crippen LogP contribution in [0.25, 0.3) is 0 Å². The standard InChI is InChI=1S/C18H19NO3/c1-21-16-8-13-9-18(20)19-11-15(12-6-4-3-5-7-12)14(13)10-17(16)22-2/h3-8,10,15H,9,11H2,1-2H3,(H,19,20). The highest BCUT2D eigenvalue weighted by molar-refractivity contribution is 5.80. The predicted molar refractivity (Wildman–Crippen MR) is 84.5 cm³/mol. The number of amides is 1. The molecule has 0 saturated heterocycles. The lowest BCUT2D eigenvalue weighted by Crippen LogP contribution is -2.26. The molecule has 0 fully saturated rings. The van der Waals surface area contributed by atoms with Crippen LogP contribution in [0.4, 0.5) is 0 Å². The number of ether oxygens (including phenoxy) is 2. The number of methoxy groups -OCH3 is 2. The third-order valence-corrected chi connectivity index (χ3v) is 4.08. The Labute approximate surface area is 130 Å². The molecule has 0 bridgehead atoms. The first kappa shape index (κ1) is 14.4. The van der Waals surface area contributed by atoms with E-state index >= 15 is 0 Å². The number of fused-ring (bicyclic) bond motifs is 1. The van der Waals surface area contributed by atoms with Crippen molar-refractivity contribution in [1.29, 1.82) is 0 Å². The molecule has 1 N–H and O–H groups in total. The van der Waals surface area contributed by atoms with E-state index in [9.17, 15) is 4.79 Å². The van der Waals surface area contributed by atoms with Crippen molar-refractivity contribution < 1.29 is 14.3 Å². The van der Waals surface area contributed by atoms with Gasteiger partial charge in [-0.05, 0) is 28.8 Å². The van der Waals surface area contributed by atoms with Crippen LogP contribution >= 0.6 is 0 Å². The molecule has 2 aromatic carbocycles. The minimum absolute atomic E-state index is 0.0342. The lowest BCUT2D eigenvalue weighted by molar-refractivity contribution is -0.120. The molecule has 0 radical (unpaired) electrons. The van der Waals surface area contributed by atoms with Crippen LogP contribution in [0.2, 0.25) is 0 Å². The second-order valence-electron chi connectivity index (χ2n) is 5.35. The molecule has 0 aliphatic carbocycles. The van der Waals surface area contributed by atoms with Crippen LogP contribution in [0.15, 0.2) is 42.5 Å². The van der Waals surface area contributed by atoms with Gasteiger partial charge >= 0.3 is 0 Å². The van der Waals surface area contributed by atoms with E-state index in [4.69, 9.17) is 9.47 Å². The van der Waals surface area contributed by atoms with E-state index in [-0.39, 0.29) is 11.8 Å². The molecule has 4 nitrogen and oxygen atoms in total. The molecular formula is C18H19NO3. The summed E-state index contributed by atoms with van der Waals surface area (Å²) in [6.07, 6.45) is 0.360. The quantitative estimate of drug-likeness (QED) is 0.947. The van der Waals surface area contributed by atoms with Crippen LogP contribution in [-0.2, 0) is 11.2 Å². The first-order valence-electron chi connectivity index (χ1n) is 7.29. The summed E-state index contributed by atoms with van der Waals surface area (Å²) in [5, 5.41) is 2.99. The normalized spacial score (nSPS) is 17.2. The minimum Gasteiger partial charge on any atom is -0.493 e. The summed E-state index contributed by atoms with van der Waals surface area (Å²) in [6, 6.07) is 14.1. The van der Waals surface area contributed by atoms with Gasteiger partial charge < -0.3 is 14.8 Å². The number of benzene rings is 2.